The predicted molar refractivity (Wildman–Crippen MR) is 64.5 cm³/mol. The molecule has 2 rings (SSSR count). The SMILES string of the molecule is COc1ccc(-c2nc(C)c(C)o2)cc1OC. The number of rotatable bonds is 3. The first-order chi connectivity index (χ1) is 8.15. The zero-order valence-electron chi connectivity index (χ0n) is 10.4. The zero-order chi connectivity index (χ0) is 12.4. The molecule has 0 bridgehead atoms. The normalized spacial score (nSPS) is 10.4. The Morgan fingerprint density at radius 2 is 1.76 bits per heavy atom. The molecule has 17 heavy (non-hydrogen) atoms. The largest absolute Gasteiger partial charge is 0.493 e. The molecule has 4 heteroatoms. The van der Waals surface area contributed by atoms with Crippen LogP contribution in [0, 0.1) is 13.8 Å². The molecular formula is C13H15NO3. The molecule has 1 aromatic heterocycles. The Kier molecular flexibility index (Phi) is 3.04. The molecule has 1 heterocycles. The Balaban J connectivity index is 2.46. The Morgan fingerprint density at radius 1 is 1.06 bits per heavy atom. The van der Waals surface area contributed by atoms with Crippen molar-refractivity contribution in [2.24, 2.45) is 0 Å². The van der Waals surface area contributed by atoms with Gasteiger partial charge >= 0.3 is 0 Å². The van der Waals surface area contributed by atoms with Gasteiger partial charge in [0.1, 0.15) is 5.76 Å². The van der Waals surface area contributed by atoms with E-state index in [2.05, 4.69) is 4.98 Å². The summed E-state index contributed by atoms with van der Waals surface area (Å²) in [7, 11) is 3.21. The lowest BCUT2D eigenvalue weighted by atomic mass is 10.2. The van der Waals surface area contributed by atoms with Crippen LogP contribution in [0.5, 0.6) is 11.5 Å². The molecule has 90 valence electrons. The van der Waals surface area contributed by atoms with Crippen LogP contribution < -0.4 is 9.47 Å². The van der Waals surface area contributed by atoms with Crippen molar-refractivity contribution in [2.75, 3.05) is 14.2 Å². The van der Waals surface area contributed by atoms with Crippen LogP contribution in [0.4, 0.5) is 0 Å². The Hall–Kier alpha value is -1.97. The topological polar surface area (TPSA) is 44.5 Å². The van der Waals surface area contributed by atoms with Gasteiger partial charge < -0.3 is 13.9 Å². The number of ether oxygens (including phenoxy) is 2. The fraction of sp³-hybridized carbons (Fsp3) is 0.308. The van der Waals surface area contributed by atoms with E-state index in [0.717, 1.165) is 17.0 Å². The summed E-state index contributed by atoms with van der Waals surface area (Å²) in [5, 5.41) is 0. The van der Waals surface area contributed by atoms with Gasteiger partial charge in [0.25, 0.3) is 0 Å². The van der Waals surface area contributed by atoms with Crippen molar-refractivity contribution >= 4 is 0 Å². The van der Waals surface area contributed by atoms with Gasteiger partial charge in [-0.25, -0.2) is 4.98 Å². The van der Waals surface area contributed by atoms with E-state index in [1.807, 2.05) is 32.0 Å². The number of methoxy groups -OCH3 is 2. The molecule has 0 radical (unpaired) electrons. The number of aryl methyl sites for hydroxylation is 2. The highest BCUT2D eigenvalue weighted by Crippen LogP contribution is 2.32. The summed E-state index contributed by atoms with van der Waals surface area (Å²) < 4.78 is 16.0. The number of nitrogens with zero attached hydrogens (tertiary/aromatic N) is 1. The molecule has 4 nitrogen and oxygen atoms in total. The highest BCUT2D eigenvalue weighted by molar-refractivity contribution is 5.60. The highest BCUT2D eigenvalue weighted by atomic mass is 16.5. The molecule has 0 atom stereocenters. The second-order valence-electron chi connectivity index (χ2n) is 3.73. The lowest BCUT2D eigenvalue weighted by Crippen LogP contribution is -1.90. The van der Waals surface area contributed by atoms with E-state index in [9.17, 15) is 0 Å². The van der Waals surface area contributed by atoms with Gasteiger partial charge in [0.15, 0.2) is 11.5 Å². The van der Waals surface area contributed by atoms with Crippen LogP contribution in [0.1, 0.15) is 11.5 Å². The summed E-state index contributed by atoms with van der Waals surface area (Å²) >= 11 is 0. The molecule has 0 saturated carbocycles. The smallest absolute Gasteiger partial charge is 0.226 e. The van der Waals surface area contributed by atoms with Crippen LogP contribution in [-0.4, -0.2) is 19.2 Å². The van der Waals surface area contributed by atoms with Crippen molar-refractivity contribution < 1.29 is 13.9 Å². The number of aromatic nitrogens is 1. The van der Waals surface area contributed by atoms with Crippen molar-refractivity contribution in [2.45, 2.75) is 13.8 Å². The first kappa shape index (κ1) is 11.5. The van der Waals surface area contributed by atoms with Gasteiger partial charge in [-0.05, 0) is 32.0 Å². The number of hydrogen-bond acceptors (Lipinski definition) is 4. The monoisotopic (exact) mass is 233 g/mol. The van der Waals surface area contributed by atoms with Crippen molar-refractivity contribution in [1.82, 2.24) is 4.98 Å². The van der Waals surface area contributed by atoms with Gasteiger partial charge in [0, 0.05) is 5.56 Å². The second kappa shape index (κ2) is 4.49. The summed E-state index contributed by atoms with van der Waals surface area (Å²) in [6.45, 7) is 3.82. The molecule has 2 aromatic rings. The van der Waals surface area contributed by atoms with Crippen LogP contribution in [0.3, 0.4) is 0 Å². The summed E-state index contributed by atoms with van der Waals surface area (Å²) in [6, 6.07) is 5.58. The van der Waals surface area contributed by atoms with Crippen LogP contribution >= 0.6 is 0 Å². The van der Waals surface area contributed by atoms with Gasteiger partial charge in [-0.15, -0.1) is 0 Å². The van der Waals surface area contributed by atoms with Gasteiger partial charge in [-0.3, -0.25) is 0 Å². The molecular weight excluding hydrogens is 218 g/mol. The minimum absolute atomic E-state index is 0.598. The van der Waals surface area contributed by atoms with Crippen LogP contribution in [0.2, 0.25) is 0 Å². The van der Waals surface area contributed by atoms with E-state index in [4.69, 9.17) is 13.9 Å². The fourth-order valence-corrected chi connectivity index (χ4v) is 1.57. The Labute approximate surface area is 100 Å². The molecule has 0 fully saturated rings. The summed E-state index contributed by atoms with van der Waals surface area (Å²) in [4.78, 5) is 4.35. The van der Waals surface area contributed by atoms with E-state index in [1.54, 1.807) is 14.2 Å². The van der Waals surface area contributed by atoms with Crippen molar-refractivity contribution in [3.63, 3.8) is 0 Å². The maximum atomic E-state index is 5.57. The quantitative estimate of drug-likeness (QED) is 0.817. The fourth-order valence-electron chi connectivity index (χ4n) is 1.57. The average molecular weight is 233 g/mol. The molecule has 0 saturated heterocycles. The van der Waals surface area contributed by atoms with Crippen LogP contribution in [-0.2, 0) is 0 Å². The molecule has 0 aliphatic rings. The maximum absolute atomic E-state index is 5.57. The number of benzene rings is 1. The summed E-state index contributed by atoms with van der Waals surface area (Å²) in [6.07, 6.45) is 0. The zero-order valence-corrected chi connectivity index (χ0v) is 10.4. The minimum Gasteiger partial charge on any atom is -0.493 e. The van der Waals surface area contributed by atoms with E-state index in [-0.39, 0.29) is 0 Å². The Morgan fingerprint density at radius 3 is 2.29 bits per heavy atom. The first-order valence-corrected chi connectivity index (χ1v) is 5.32. The number of hydrogen-bond donors (Lipinski definition) is 0. The van der Waals surface area contributed by atoms with Crippen LogP contribution in [0.15, 0.2) is 22.6 Å². The van der Waals surface area contributed by atoms with E-state index in [0.29, 0.717) is 17.4 Å². The van der Waals surface area contributed by atoms with Crippen molar-refractivity contribution in [1.29, 1.82) is 0 Å². The molecule has 0 unspecified atom stereocenters. The molecule has 0 aliphatic heterocycles. The van der Waals surface area contributed by atoms with Gasteiger partial charge in [0.2, 0.25) is 5.89 Å². The van der Waals surface area contributed by atoms with E-state index in [1.165, 1.54) is 0 Å². The Bertz CT molecular complexity index is 512. The van der Waals surface area contributed by atoms with E-state index >= 15 is 0 Å². The summed E-state index contributed by atoms with van der Waals surface area (Å²) in [5.74, 6) is 2.78. The third kappa shape index (κ3) is 2.11. The minimum atomic E-state index is 0.598. The van der Waals surface area contributed by atoms with Crippen molar-refractivity contribution in [3.8, 4) is 23.0 Å². The van der Waals surface area contributed by atoms with E-state index < -0.39 is 0 Å². The molecule has 0 aliphatic carbocycles. The lowest BCUT2D eigenvalue weighted by Gasteiger charge is -2.07. The third-order valence-electron chi connectivity index (χ3n) is 2.66. The third-order valence-corrected chi connectivity index (χ3v) is 2.66. The van der Waals surface area contributed by atoms with Gasteiger partial charge in [-0.1, -0.05) is 0 Å². The molecule has 1 aromatic carbocycles. The number of oxazole rings is 1. The van der Waals surface area contributed by atoms with Crippen molar-refractivity contribution in [3.05, 3.63) is 29.7 Å². The maximum Gasteiger partial charge on any atom is 0.226 e. The first-order valence-electron chi connectivity index (χ1n) is 5.32. The standard InChI is InChI=1S/C13H15NO3/c1-8-9(2)17-13(14-8)10-5-6-11(15-3)12(7-10)16-4/h5-7H,1-4H3. The second-order valence-corrected chi connectivity index (χ2v) is 3.73. The lowest BCUT2D eigenvalue weighted by molar-refractivity contribution is 0.355. The van der Waals surface area contributed by atoms with Gasteiger partial charge in [0.05, 0.1) is 19.9 Å². The van der Waals surface area contributed by atoms with Gasteiger partial charge in [-0.2, -0.15) is 0 Å². The predicted octanol–water partition coefficient (Wildman–Crippen LogP) is 2.98. The highest BCUT2D eigenvalue weighted by Gasteiger charge is 2.11. The van der Waals surface area contributed by atoms with Crippen LogP contribution in [0.25, 0.3) is 11.5 Å². The molecule has 0 spiro atoms. The molecule has 0 N–H and O–H groups in total. The summed E-state index contributed by atoms with van der Waals surface area (Å²) in [5.41, 5.74) is 1.77. The molecule has 0 amide bonds. The average Bonchev–Trinajstić information content (AvgIpc) is 2.68.